The molecule has 2 aromatic carbocycles. The maximum Gasteiger partial charge on any atom is 0.318 e. The number of urea groups is 1. The number of rotatable bonds is 5. The van der Waals surface area contributed by atoms with E-state index in [-0.39, 0.29) is 5.91 Å². The molecule has 0 bridgehead atoms. The summed E-state index contributed by atoms with van der Waals surface area (Å²) in [6.45, 7) is 1.41. The summed E-state index contributed by atoms with van der Waals surface area (Å²) in [5.41, 5.74) is 6.90. The minimum absolute atomic E-state index is 0.196. The lowest BCUT2D eigenvalue weighted by Gasteiger charge is -2.19. The topological polar surface area (TPSA) is 113 Å². The molecule has 24 heavy (non-hydrogen) atoms. The van der Waals surface area contributed by atoms with Crippen LogP contribution in [0.4, 0.5) is 16.2 Å². The second kappa shape index (κ2) is 7.77. The fourth-order valence-corrected chi connectivity index (χ4v) is 2.20. The number of anilines is 2. The molecule has 0 radical (unpaired) electrons. The molecule has 0 aliphatic rings. The van der Waals surface area contributed by atoms with Gasteiger partial charge in [-0.25, -0.2) is 4.79 Å². The average Bonchev–Trinajstić information content (AvgIpc) is 2.52. The minimum Gasteiger partial charge on any atom is -0.370 e. The Hall–Kier alpha value is -3.35. The normalized spacial score (nSPS) is 11.2. The first kappa shape index (κ1) is 17.0. The first-order valence-electron chi connectivity index (χ1n) is 7.25. The summed E-state index contributed by atoms with van der Waals surface area (Å²) in [6.07, 6.45) is 0. The van der Waals surface area contributed by atoms with Crippen LogP contribution < -0.4 is 21.7 Å². The Morgan fingerprint density at radius 2 is 1.62 bits per heavy atom. The lowest BCUT2D eigenvalue weighted by molar-refractivity contribution is -0.120. The van der Waals surface area contributed by atoms with Crippen molar-refractivity contribution in [2.24, 2.45) is 5.73 Å². The molecule has 0 aliphatic heterocycles. The van der Waals surface area contributed by atoms with Gasteiger partial charge in [-0.05, 0) is 23.8 Å². The van der Waals surface area contributed by atoms with Crippen LogP contribution >= 0.6 is 0 Å². The van der Waals surface area contributed by atoms with Crippen LogP contribution in [0.3, 0.4) is 0 Å². The van der Waals surface area contributed by atoms with E-state index < -0.39 is 18.0 Å². The Kier molecular flexibility index (Phi) is 5.51. The number of amides is 4. The molecule has 0 aromatic heterocycles. The van der Waals surface area contributed by atoms with Gasteiger partial charge in [-0.1, -0.05) is 36.4 Å². The maximum atomic E-state index is 12.3. The summed E-state index contributed by atoms with van der Waals surface area (Å²) in [5.74, 6) is -0.767. The van der Waals surface area contributed by atoms with Crippen molar-refractivity contribution < 1.29 is 14.4 Å². The summed E-state index contributed by atoms with van der Waals surface area (Å²) >= 11 is 0. The molecule has 0 fully saturated rings. The largest absolute Gasteiger partial charge is 0.370 e. The summed E-state index contributed by atoms with van der Waals surface area (Å²) < 4.78 is 0. The molecule has 124 valence electrons. The first-order valence-corrected chi connectivity index (χ1v) is 7.25. The van der Waals surface area contributed by atoms with E-state index in [1.54, 1.807) is 48.5 Å². The summed E-state index contributed by atoms with van der Waals surface area (Å²) in [4.78, 5) is 34.4. The second-order valence-corrected chi connectivity index (χ2v) is 5.10. The molecular weight excluding hydrogens is 308 g/mol. The van der Waals surface area contributed by atoms with Gasteiger partial charge >= 0.3 is 6.03 Å². The molecule has 5 N–H and O–H groups in total. The number of nitrogens with one attached hydrogen (secondary N) is 3. The maximum absolute atomic E-state index is 12.3. The lowest BCUT2D eigenvalue weighted by atomic mass is 10.1. The molecule has 0 unspecified atom stereocenters. The van der Waals surface area contributed by atoms with Crippen LogP contribution in [0.2, 0.25) is 0 Å². The zero-order valence-corrected chi connectivity index (χ0v) is 13.1. The molecular formula is C17H18N4O3. The van der Waals surface area contributed by atoms with E-state index in [0.29, 0.717) is 16.9 Å². The third-order valence-electron chi connectivity index (χ3n) is 3.14. The average molecular weight is 326 g/mol. The second-order valence-electron chi connectivity index (χ2n) is 5.10. The van der Waals surface area contributed by atoms with Crippen LogP contribution in [0.25, 0.3) is 0 Å². The summed E-state index contributed by atoms with van der Waals surface area (Å²) in [5, 5.41) is 7.79. The van der Waals surface area contributed by atoms with Crippen molar-refractivity contribution in [2.75, 3.05) is 10.6 Å². The van der Waals surface area contributed by atoms with Gasteiger partial charge in [0.2, 0.25) is 5.91 Å². The van der Waals surface area contributed by atoms with Gasteiger partial charge in [0, 0.05) is 18.3 Å². The van der Waals surface area contributed by atoms with Crippen LogP contribution in [0.5, 0.6) is 0 Å². The molecule has 0 saturated heterocycles. The smallest absolute Gasteiger partial charge is 0.318 e. The molecule has 1 atom stereocenters. The van der Waals surface area contributed by atoms with Crippen molar-refractivity contribution in [3.05, 3.63) is 60.2 Å². The molecule has 2 aromatic rings. The zero-order chi connectivity index (χ0) is 17.5. The number of primary amides is 1. The lowest BCUT2D eigenvalue weighted by Crippen LogP contribution is -2.40. The Morgan fingerprint density at radius 3 is 2.25 bits per heavy atom. The van der Waals surface area contributed by atoms with Gasteiger partial charge in [-0.2, -0.15) is 0 Å². The number of imide groups is 1. The van der Waals surface area contributed by atoms with E-state index in [0.717, 1.165) is 0 Å². The minimum atomic E-state index is -0.922. The Bertz CT molecular complexity index is 747. The predicted molar refractivity (Wildman–Crippen MR) is 91.3 cm³/mol. The van der Waals surface area contributed by atoms with E-state index >= 15 is 0 Å². The molecule has 7 nitrogen and oxygen atoms in total. The highest BCUT2D eigenvalue weighted by molar-refractivity contribution is 5.98. The molecule has 2 rings (SSSR count). The number of hydrogen-bond donors (Lipinski definition) is 4. The van der Waals surface area contributed by atoms with E-state index in [1.807, 2.05) is 6.07 Å². The molecule has 0 aliphatic carbocycles. The third-order valence-corrected chi connectivity index (χ3v) is 3.14. The van der Waals surface area contributed by atoms with Gasteiger partial charge in [-0.3, -0.25) is 14.9 Å². The molecule has 0 spiro atoms. The van der Waals surface area contributed by atoms with Crippen molar-refractivity contribution in [1.82, 2.24) is 5.32 Å². The molecule has 0 heterocycles. The third kappa shape index (κ3) is 4.84. The molecule has 4 amide bonds. The number of nitrogens with two attached hydrogens (primary N) is 1. The van der Waals surface area contributed by atoms with Crippen LogP contribution in [0, 0.1) is 0 Å². The van der Waals surface area contributed by atoms with E-state index in [2.05, 4.69) is 16.0 Å². The van der Waals surface area contributed by atoms with Crippen molar-refractivity contribution in [3.63, 3.8) is 0 Å². The number of benzene rings is 2. The quantitative estimate of drug-likeness (QED) is 0.673. The highest BCUT2D eigenvalue weighted by atomic mass is 16.2. The van der Waals surface area contributed by atoms with Crippen molar-refractivity contribution in [2.45, 2.75) is 13.0 Å². The van der Waals surface area contributed by atoms with Crippen molar-refractivity contribution >= 4 is 29.2 Å². The van der Waals surface area contributed by atoms with Gasteiger partial charge in [0.1, 0.15) is 6.04 Å². The van der Waals surface area contributed by atoms with E-state index in [9.17, 15) is 14.4 Å². The summed E-state index contributed by atoms with van der Waals surface area (Å²) in [6, 6.07) is 14.1. The number of carbonyl (C=O) groups excluding carboxylic acids is 3. The van der Waals surface area contributed by atoms with Crippen LogP contribution in [-0.4, -0.2) is 17.8 Å². The fourth-order valence-electron chi connectivity index (χ4n) is 2.20. The standard InChI is InChI=1S/C17H18N4O3/c1-11(22)19-13-8-5-9-14(10-13)20-15(16(23)21-17(18)24)12-6-3-2-4-7-12/h2-10,15,20H,1H3,(H,19,22)(H3,18,21,23,24)/t15-/m0/s1. The van der Waals surface area contributed by atoms with Gasteiger partial charge in [0.15, 0.2) is 0 Å². The highest BCUT2D eigenvalue weighted by Crippen LogP contribution is 2.22. The van der Waals surface area contributed by atoms with Crippen molar-refractivity contribution in [1.29, 1.82) is 0 Å². The summed E-state index contributed by atoms with van der Waals surface area (Å²) in [7, 11) is 0. The van der Waals surface area contributed by atoms with E-state index in [4.69, 9.17) is 5.73 Å². The first-order chi connectivity index (χ1) is 11.5. The SMILES string of the molecule is CC(=O)Nc1cccc(N[C@H](C(=O)NC(N)=O)c2ccccc2)c1. The van der Waals surface area contributed by atoms with E-state index in [1.165, 1.54) is 6.92 Å². The van der Waals surface area contributed by atoms with Crippen LogP contribution in [0.15, 0.2) is 54.6 Å². The molecule has 7 heteroatoms. The number of hydrogen-bond acceptors (Lipinski definition) is 4. The van der Waals surface area contributed by atoms with Gasteiger partial charge in [-0.15, -0.1) is 0 Å². The highest BCUT2D eigenvalue weighted by Gasteiger charge is 2.21. The van der Waals surface area contributed by atoms with Gasteiger partial charge in [0.25, 0.3) is 5.91 Å². The predicted octanol–water partition coefficient (Wildman–Crippen LogP) is 1.99. The Morgan fingerprint density at radius 1 is 0.958 bits per heavy atom. The molecule has 0 saturated carbocycles. The number of carbonyl (C=O) groups is 3. The Balaban J connectivity index is 2.26. The monoisotopic (exact) mass is 326 g/mol. The van der Waals surface area contributed by atoms with Gasteiger partial charge < -0.3 is 16.4 Å². The fraction of sp³-hybridized carbons (Fsp3) is 0.118. The van der Waals surface area contributed by atoms with Crippen LogP contribution in [-0.2, 0) is 9.59 Å². The van der Waals surface area contributed by atoms with Crippen LogP contribution in [0.1, 0.15) is 18.5 Å². The Labute approximate surface area is 139 Å². The van der Waals surface area contributed by atoms with Crippen molar-refractivity contribution in [3.8, 4) is 0 Å². The zero-order valence-electron chi connectivity index (χ0n) is 13.1. The van der Waals surface area contributed by atoms with Gasteiger partial charge in [0.05, 0.1) is 0 Å².